The van der Waals surface area contributed by atoms with Crippen LogP contribution in [0.3, 0.4) is 0 Å². The maximum Gasteiger partial charge on any atom is 0.433 e. The third-order valence-corrected chi connectivity index (χ3v) is 3.83. The molecule has 112 valence electrons. The first-order chi connectivity index (χ1) is 9.95. The van der Waals surface area contributed by atoms with E-state index in [0.717, 1.165) is 31.6 Å². The number of hydrogen-bond acceptors (Lipinski definition) is 3. The SMILES string of the molecule is CN1CCN(c2cc(C(F)(F)F)nc3ccccc23)CC1. The molecular formula is C15H16F3N3. The summed E-state index contributed by atoms with van der Waals surface area (Å²) in [5.74, 6) is 0. The van der Waals surface area contributed by atoms with Gasteiger partial charge < -0.3 is 9.80 Å². The molecule has 0 bridgehead atoms. The minimum absolute atomic E-state index is 0.390. The van der Waals surface area contributed by atoms with Gasteiger partial charge in [-0.15, -0.1) is 0 Å². The third-order valence-electron chi connectivity index (χ3n) is 3.83. The average molecular weight is 295 g/mol. The average Bonchev–Trinajstić information content (AvgIpc) is 2.46. The van der Waals surface area contributed by atoms with E-state index in [0.29, 0.717) is 11.2 Å². The summed E-state index contributed by atoms with van der Waals surface area (Å²) >= 11 is 0. The number of piperazine rings is 1. The number of benzene rings is 1. The molecule has 2 aromatic rings. The molecule has 2 heterocycles. The highest BCUT2D eigenvalue weighted by Gasteiger charge is 2.34. The van der Waals surface area contributed by atoms with Crippen LogP contribution in [0.2, 0.25) is 0 Å². The number of alkyl halides is 3. The van der Waals surface area contributed by atoms with Crippen molar-refractivity contribution < 1.29 is 13.2 Å². The smallest absolute Gasteiger partial charge is 0.368 e. The third kappa shape index (κ3) is 2.81. The number of aromatic nitrogens is 1. The lowest BCUT2D eigenvalue weighted by Gasteiger charge is -2.34. The number of rotatable bonds is 1. The van der Waals surface area contributed by atoms with Gasteiger partial charge in [-0.05, 0) is 19.2 Å². The lowest BCUT2D eigenvalue weighted by Crippen LogP contribution is -2.44. The van der Waals surface area contributed by atoms with Gasteiger partial charge in [0.15, 0.2) is 0 Å². The summed E-state index contributed by atoms with van der Waals surface area (Å²) in [5.41, 5.74) is 0.192. The molecule has 0 radical (unpaired) electrons. The zero-order chi connectivity index (χ0) is 15.0. The Balaban J connectivity index is 2.11. The van der Waals surface area contributed by atoms with Crippen molar-refractivity contribution in [1.82, 2.24) is 9.88 Å². The second kappa shape index (κ2) is 5.18. The number of pyridine rings is 1. The van der Waals surface area contributed by atoms with Crippen molar-refractivity contribution in [1.29, 1.82) is 0 Å². The minimum atomic E-state index is -4.43. The Kier molecular flexibility index (Phi) is 3.49. The van der Waals surface area contributed by atoms with E-state index in [9.17, 15) is 13.2 Å². The summed E-state index contributed by atoms with van der Waals surface area (Å²) in [4.78, 5) is 7.94. The molecule has 0 amide bonds. The fourth-order valence-corrected chi connectivity index (χ4v) is 2.61. The molecule has 1 saturated heterocycles. The van der Waals surface area contributed by atoms with Crippen LogP contribution in [0.4, 0.5) is 18.9 Å². The van der Waals surface area contributed by atoms with Gasteiger partial charge >= 0.3 is 6.18 Å². The number of halogens is 3. The topological polar surface area (TPSA) is 19.4 Å². The lowest BCUT2D eigenvalue weighted by molar-refractivity contribution is -0.140. The van der Waals surface area contributed by atoms with Crippen molar-refractivity contribution in [3.05, 3.63) is 36.0 Å². The summed E-state index contributed by atoms with van der Waals surface area (Å²) in [6, 6.07) is 8.17. The summed E-state index contributed by atoms with van der Waals surface area (Å²) in [6.45, 7) is 3.14. The van der Waals surface area contributed by atoms with Gasteiger partial charge in [0.25, 0.3) is 0 Å². The van der Waals surface area contributed by atoms with Crippen LogP contribution in [0, 0.1) is 0 Å². The number of likely N-dealkylation sites (N-methyl/N-ethyl adjacent to an activating group) is 1. The van der Waals surface area contributed by atoms with Gasteiger partial charge in [0.05, 0.1) is 5.52 Å². The van der Waals surface area contributed by atoms with E-state index in [2.05, 4.69) is 9.88 Å². The van der Waals surface area contributed by atoms with Crippen molar-refractivity contribution >= 4 is 16.6 Å². The number of nitrogens with zero attached hydrogens (tertiary/aromatic N) is 3. The molecule has 21 heavy (non-hydrogen) atoms. The summed E-state index contributed by atoms with van der Waals surface area (Å²) in [6.07, 6.45) is -4.43. The summed E-state index contributed by atoms with van der Waals surface area (Å²) in [7, 11) is 2.02. The van der Waals surface area contributed by atoms with Crippen LogP contribution in [0.15, 0.2) is 30.3 Å². The number of fused-ring (bicyclic) bond motifs is 1. The van der Waals surface area contributed by atoms with Crippen LogP contribution in [0.25, 0.3) is 10.9 Å². The monoisotopic (exact) mass is 295 g/mol. The standard InChI is InChI=1S/C15H16F3N3/c1-20-6-8-21(9-7-20)13-10-14(15(16,17)18)19-12-5-3-2-4-11(12)13/h2-5,10H,6-9H2,1H3. The fourth-order valence-electron chi connectivity index (χ4n) is 2.61. The normalized spacial score (nSPS) is 17.4. The predicted octanol–water partition coefficient (Wildman–Crippen LogP) is 3.01. The Hall–Kier alpha value is -1.82. The van der Waals surface area contributed by atoms with Crippen LogP contribution in [0.5, 0.6) is 0 Å². The molecule has 3 rings (SSSR count). The first kappa shape index (κ1) is 14.1. The Labute approximate surface area is 121 Å². The molecule has 1 aromatic carbocycles. The molecule has 0 atom stereocenters. The molecule has 0 N–H and O–H groups in total. The Morgan fingerprint density at radius 1 is 1.05 bits per heavy atom. The van der Waals surface area contributed by atoms with Gasteiger partial charge in [-0.1, -0.05) is 18.2 Å². The molecule has 0 saturated carbocycles. The number of para-hydroxylation sites is 1. The van der Waals surface area contributed by atoms with Crippen molar-refractivity contribution in [2.24, 2.45) is 0 Å². The van der Waals surface area contributed by atoms with E-state index in [1.165, 1.54) is 6.07 Å². The van der Waals surface area contributed by atoms with Gasteiger partial charge in [-0.2, -0.15) is 13.2 Å². The Morgan fingerprint density at radius 3 is 2.38 bits per heavy atom. The highest BCUT2D eigenvalue weighted by Crippen LogP contribution is 2.34. The molecule has 1 aliphatic heterocycles. The molecule has 1 aliphatic rings. The zero-order valence-corrected chi connectivity index (χ0v) is 11.7. The molecule has 0 aliphatic carbocycles. The van der Waals surface area contributed by atoms with E-state index in [4.69, 9.17) is 0 Å². The maximum atomic E-state index is 13.0. The lowest BCUT2D eigenvalue weighted by atomic mass is 10.1. The maximum absolute atomic E-state index is 13.0. The Bertz CT molecular complexity index is 646. The van der Waals surface area contributed by atoms with Crippen molar-refractivity contribution in [2.75, 3.05) is 38.1 Å². The second-order valence-corrected chi connectivity index (χ2v) is 5.33. The van der Waals surface area contributed by atoms with Crippen molar-refractivity contribution in [3.63, 3.8) is 0 Å². The van der Waals surface area contributed by atoms with E-state index in [1.807, 2.05) is 24.1 Å². The summed E-state index contributed by atoms with van der Waals surface area (Å²) in [5, 5.41) is 0.773. The number of hydrogen-bond donors (Lipinski definition) is 0. The highest BCUT2D eigenvalue weighted by molar-refractivity contribution is 5.92. The van der Waals surface area contributed by atoms with Gasteiger partial charge in [0.2, 0.25) is 0 Å². The second-order valence-electron chi connectivity index (χ2n) is 5.33. The zero-order valence-electron chi connectivity index (χ0n) is 11.7. The van der Waals surface area contributed by atoms with Crippen LogP contribution >= 0.6 is 0 Å². The van der Waals surface area contributed by atoms with E-state index in [1.54, 1.807) is 12.1 Å². The fraction of sp³-hybridized carbons (Fsp3) is 0.400. The van der Waals surface area contributed by atoms with Crippen molar-refractivity contribution in [3.8, 4) is 0 Å². The largest absolute Gasteiger partial charge is 0.433 e. The van der Waals surface area contributed by atoms with Crippen LogP contribution in [-0.4, -0.2) is 43.1 Å². The molecular weight excluding hydrogens is 279 g/mol. The van der Waals surface area contributed by atoms with E-state index < -0.39 is 11.9 Å². The minimum Gasteiger partial charge on any atom is -0.368 e. The van der Waals surface area contributed by atoms with Gasteiger partial charge in [-0.3, -0.25) is 0 Å². The van der Waals surface area contributed by atoms with E-state index >= 15 is 0 Å². The molecule has 0 spiro atoms. The van der Waals surface area contributed by atoms with Crippen LogP contribution in [0.1, 0.15) is 5.69 Å². The highest BCUT2D eigenvalue weighted by atomic mass is 19.4. The number of anilines is 1. The van der Waals surface area contributed by atoms with Crippen LogP contribution in [-0.2, 0) is 6.18 Å². The van der Waals surface area contributed by atoms with Gasteiger partial charge in [0.1, 0.15) is 5.69 Å². The first-order valence-corrected chi connectivity index (χ1v) is 6.85. The molecule has 0 unspecified atom stereocenters. The quantitative estimate of drug-likeness (QED) is 0.806. The first-order valence-electron chi connectivity index (χ1n) is 6.85. The molecule has 1 fully saturated rings. The molecule has 3 nitrogen and oxygen atoms in total. The van der Waals surface area contributed by atoms with Gasteiger partial charge in [0, 0.05) is 37.3 Å². The van der Waals surface area contributed by atoms with Crippen LogP contribution < -0.4 is 4.90 Å². The predicted molar refractivity (Wildman–Crippen MR) is 76.5 cm³/mol. The van der Waals surface area contributed by atoms with Crippen molar-refractivity contribution in [2.45, 2.75) is 6.18 Å². The van der Waals surface area contributed by atoms with Gasteiger partial charge in [-0.25, -0.2) is 4.98 Å². The van der Waals surface area contributed by atoms with E-state index in [-0.39, 0.29) is 0 Å². The molecule has 1 aromatic heterocycles. The Morgan fingerprint density at radius 2 is 1.71 bits per heavy atom. The summed E-state index contributed by atoms with van der Waals surface area (Å²) < 4.78 is 39.1. The molecule has 6 heteroatoms.